The summed E-state index contributed by atoms with van der Waals surface area (Å²) in [5.41, 5.74) is 1.15. The average Bonchev–Trinajstić information content (AvgIpc) is 2.95. The van der Waals surface area contributed by atoms with Crippen LogP contribution in [0.15, 0.2) is 4.47 Å². The molecule has 5 fully saturated rings. The third-order valence-electron chi connectivity index (χ3n) is 7.49. The highest BCUT2D eigenvalue weighted by atomic mass is 79.9. The standard InChI is InChI=1S/C21H31BrN2O2/c1-25-20-19(22)18(23-24(20)17-5-3-2-4-6-17)13-26-21-10-14-7-15(11-21)9-16(8-14)12-21/h14-17H,2-13H2,1H3. The van der Waals surface area contributed by atoms with Gasteiger partial charge in [-0.1, -0.05) is 19.3 Å². The topological polar surface area (TPSA) is 36.3 Å². The van der Waals surface area contributed by atoms with Crippen molar-refractivity contribution >= 4 is 15.9 Å². The zero-order valence-corrected chi connectivity index (χ0v) is 17.5. The fourth-order valence-corrected chi connectivity index (χ4v) is 7.26. The van der Waals surface area contributed by atoms with Crippen LogP contribution in [-0.2, 0) is 11.3 Å². The Hall–Kier alpha value is -0.550. The minimum Gasteiger partial charge on any atom is -0.480 e. The van der Waals surface area contributed by atoms with Gasteiger partial charge >= 0.3 is 0 Å². The molecule has 5 saturated carbocycles. The number of ether oxygens (including phenoxy) is 2. The number of rotatable bonds is 5. The van der Waals surface area contributed by atoms with Gasteiger partial charge in [-0.25, -0.2) is 4.68 Å². The van der Waals surface area contributed by atoms with Crippen LogP contribution >= 0.6 is 15.9 Å². The first-order chi connectivity index (χ1) is 12.7. The van der Waals surface area contributed by atoms with Crippen molar-refractivity contribution in [2.45, 2.75) is 88.9 Å². The molecule has 0 radical (unpaired) electrons. The van der Waals surface area contributed by atoms with Crippen LogP contribution in [0.5, 0.6) is 5.88 Å². The maximum atomic E-state index is 6.65. The molecular weight excluding hydrogens is 392 g/mol. The summed E-state index contributed by atoms with van der Waals surface area (Å²) in [6.07, 6.45) is 14.5. The summed E-state index contributed by atoms with van der Waals surface area (Å²) in [6, 6.07) is 0.475. The number of nitrogens with zero attached hydrogens (tertiary/aromatic N) is 2. The molecule has 144 valence electrons. The van der Waals surface area contributed by atoms with E-state index in [4.69, 9.17) is 14.6 Å². The van der Waals surface area contributed by atoms with E-state index in [-0.39, 0.29) is 5.60 Å². The lowest BCUT2D eigenvalue weighted by molar-refractivity contribution is -0.169. The third kappa shape index (κ3) is 3.03. The quantitative estimate of drug-likeness (QED) is 0.615. The second-order valence-electron chi connectivity index (χ2n) is 9.40. The van der Waals surface area contributed by atoms with Crippen LogP contribution in [0.3, 0.4) is 0 Å². The normalized spacial score (nSPS) is 36.6. The molecule has 0 aromatic carbocycles. The van der Waals surface area contributed by atoms with Gasteiger partial charge in [0.25, 0.3) is 0 Å². The Morgan fingerprint density at radius 3 is 2.23 bits per heavy atom. The van der Waals surface area contributed by atoms with Crippen molar-refractivity contribution in [1.82, 2.24) is 9.78 Å². The maximum absolute atomic E-state index is 6.65. The number of aromatic nitrogens is 2. The lowest BCUT2D eigenvalue weighted by Crippen LogP contribution is -2.51. The van der Waals surface area contributed by atoms with Gasteiger partial charge in [0, 0.05) is 0 Å². The minimum atomic E-state index is 0.135. The largest absolute Gasteiger partial charge is 0.480 e. The Bertz CT molecular complexity index is 630. The zero-order valence-electron chi connectivity index (χ0n) is 15.9. The summed E-state index contributed by atoms with van der Waals surface area (Å²) in [7, 11) is 1.75. The molecule has 5 aliphatic carbocycles. The number of halogens is 1. The molecule has 1 aromatic heterocycles. The summed E-state index contributed by atoms with van der Waals surface area (Å²) in [6.45, 7) is 0.614. The Labute approximate surface area is 165 Å². The number of hydrogen-bond acceptors (Lipinski definition) is 3. The molecule has 0 saturated heterocycles. The van der Waals surface area contributed by atoms with Crippen LogP contribution in [-0.4, -0.2) is 22.5 Å². The highest BCUT2D eigenvalue weighted by molar-refractivity contribution is 9.10. The van der Waals surface area contributed by atoms with E-state index in [1.165, 1.54) is 70.6 Å². The van der Waals surface area contributed by atoms with E-state index in [0.717, 1.165) is 33.8 Å². The van der Waals surface area contributed by atoms with Crippen LogP contribution in [0.1, 0.15) is 82.4 Å². The lowest BCUT2D eigenvalue weighted by Gasteiger charge is -2.56. The van der Waals surface area contributed by atoms with Gasteiger partial charge in [0.1, 0.15) is 10.2 Å². The molecule has 26 heavy (non-hydrogen) atoms. The van der Waals surface area contributed by atoms with Gasteiger partial charge in [0.15, 0.2) is 0 Å². The van der Waals surface area contributed by atoms with Crippen molar-refractivity contribution in [3.05, 3.63) is 10.2 Å². The summed E-state index contributed by atoms with van der Waals surface area (Å²) >= 11 is 3.75. The minimum absolute atomic E-state index is 0.135. The average molecular weight is 423 g/mol. The smallest absolute Gasteiger partial charge is 0.226 e. The van der Waals surface area contributed by atoms with Crippen LogP contribution in [0.2, 0.25) is 0 Å². The molecule has 4 bridgehead atoms. The molecule has 5 heteroatoms. The van der Waals surface area contributed by atoms with Gasteiger partial charge in [-0.15, -0.1) is 0 Å². The zero-order chi connectivity index (χ0) is 17.7. The van der Waals surface area contributed by atoms with E-state index in [0.29, 0.717) is 12.6 Å². The van der Waals surface area contributed by atoms with Crippen molar-refractivity contribution in [1.29, 1.82) is 0 Å². The van der Waals surface area contributed by atoms with Crippen molar-refractivity contribution in [3.63, 3.8) is 0 Å². The highest BCUT2D eigenvalue weighted by Gasteiger charge is 2.51. The molecule has 6 rings (SSSR count). The predicted octanol–water partition coefficient (Wildman–Crippen LogP) is 5.64. The molecule has 1 heterocycles. The van der Waals surface area contributed by atoms with Crippen LogP contribution in [0.4, 0.5) is 0 Å². The van der Waals surface area contributed by atoms with Gasteiger partial charge in [-0.05, 0) is 85.1 Å². The van der Waals surface area contributed by atoms with E-state index in [1.54, 1.807) is 7.11 Å². The number of hydrogen-bond donors (Lipinski definition) is 0. The molecule has 0 unspecified atom stereocenters. The van der Waals surface area contributed by atoms with Crippen LogP contribution in [0.25, 0.3) is 0 Å². The fourth-order valence-electron chi connectivity index (χ4n) is 6.72. The summed E-state index contributed by atoms with van der Waals surface area (Å²) in [5.74, 6) is 3.62. The van der Waals surface area contributed by atoms with E-state index in [2.05, 4.69) is 20.6 Å². The van der Waals surface area contributed by atoms with Crippen molar-refractivity contribution < 1.29 is 9.47 Å². The molecule has 4 nitrogen and oxygen atoms in total. The summed E-state index contributed by atoms with van der Waals surface area (Å²) in [5, 5.41) is 4.94. The Morgan fingerprint density at radius 1 is 1.04 bits per heavy atom. The van der Waals surface area contributed by atoms with Gasteiger partial charge < -0.3 is 9.47 Å². The molecule has 1 aromatic rings. The van der Waals surface area contributed by atoms with Gasteiger partial charge in [-0.3, -0.25) is 0 Å². The van der Waals surface area contributed by atoms with Crippen molar-refractivity contribution in [3.8, 4) is 5.88 Å². The fraction of sp³-hybridized carbons (Fsp3) is 0.857. The molecule has 0 atom stereocenters. The van der Waals surface area contributed by atoms with E-state index in [9.17, 15) is 0 Å². The first kappa shape index (κ1) is 17.5. The van der Waals surface area contributed by atoms with E-state index >= 15 is 0 Å². The highest BCUT2D eigenvalue weighted by Crippen LogP contribution is 2.57. The van der Waals surface area contributed by atoms with Crippen LogP contribution < -0.4 is 4.74 Å². The second-order valence-corrected chi connectivity index (χ2v) is 10.2. The SMILES string of the molecule is COc1c(Br)c(COC23CC4CC(CC(C4)C2)C3)nn1C1CCCCC1. The van der Waals surface area contributed by atoms with Crippen molar-refractivity contribution in [2.24, 2.45) is 17.8 Å². The van der Waals surface area contributed by atoms with Crippen LogP contribution in [0, 0.1) is 17.8 Å². The summed E-state index contributed by atoms with van der Waals surface area (Å²) in [4.78, 5) is 0. The molecule has 0 N–H and O–H groups in total. The van der Waals surface area contributed by atoms with Gasteiger partial charge in [-0.2, -0.15) is 5.10 Å². The first-order valence-corrected chi connectivity index (χ1v) is 11.4. The summed E-state index contributed by atoms with van der Waals surface area (Å²) < 4.78 is 15.5. The Kier molecular flexibility index (Phi) is 4.59. The molecule has 5 aliphatic rings. The molecular formula is C21H31BrN2O2. The van der Waals surface area contributed by atoms with Gasteiger partial charge in [0.2, 0.25) is 5.88 Å². The van der Waals surface area contributed by atoms with Crippen molar-refractivity contribution in [2.75, 3.05) is 7.11 Å². The van der Waals surface area contributed by atoms with Gasteiger partial charge in [0.05, 0.1) is 25.4 Å². The monoisotopic (exact) mass is 422 g/mol. The predicted molar refractivity (Wildman–Crippen MR) is 104 cm³/mol. The molecule has 0 amide bonds. The Balaban J connectivity index is 1.33. The first-order valence-electron chi connectivity index (χ1n) is 10.6. The molecule has 0 spiro atoms. The maximum Gasteiger partial charge on any atom is 0.226 e. The molecule has 0 aliphatic heterocycles. The number of methoxy groups -OCH3 is 1. The third-order valence-corrected chi connectivity index (χ3v) is 8.29. The van der Waals surface area contributed by atoms with E-state index in [1.807, 2.05) is 0 Å². The Morgan fingerprint density at radius 2 is 1.65 bits per heavy atom. The second kappa shape index (κ2) is 6.80. The lowest BCUT2D eigenvalue weighted by atomic mass is 9.54. The van der Waals surface area contributed by atoms with E-state index < -0.39 is 0 Å².